The summed E-state index contributed by atoms with van der Waals surface area (Å²) in [6, 6.07) is 0. The van der Waals surface area contributed by atoms with Crippen LogP contribution in [0, 0.1) is 5.92 Å². The molecule has 0 amide bonds. The van der Waals surface area contributed by atoms with Gasteiger partial charge in [0.2, 0.25) is 0 Å². The fourth-order valence-corrected chi connectivity index (χ4v) is 1.74. The number of methoxy groups -OCH3 is 3. The third-order valence-corrected chi connectivity index (χ3v) is 2.61. The first-order valence-corrected chi connectivity index (χ1v) is 4.57. The van der Waals surface area contributed by atoms with E-state index in [2.05, 4.69) is 0 Å². The molecule has 1 heterocycles. The third-order valence-electron chi connectivity index (χ3n) is 2.61. The minimum Gasteiger partial charge on any atom is -0.378 e. The highest BCUT2D eigenvalue weighted by molar-refractivity contribution is 4.84. The van der Waals surface area contributed by atoms with E-state index in [1.54, 1.807) is 14.2 Å². The lowest BCUT2D eigenvalue weighted by atomic mass is 9.95. The van der Waals surface area contributed by atoms with Gasteiger partial charge in [-0.3, -0.25) is 0 Å². The molecule has 1 N–H and O–H groups in total. The minimum atomic E-state index is -0.878. The zero-order valence-electron chi connectivity index (χ0n) is 8.97. The highest BCUT2D eigenvalue weighted by Crippen LogP contribution is 2.28. The minimum absolute atomic E-state index is 0.142. The number of rotatable bonds is 3. The van der Waals surface area contributed by atoms with Crippen molar-refractivity contribution in [3.05, 3.63) is 0 Å². The molecule has 5 nitrogen and oxygen atoms in total. The molecule has 0 aromatic carbocycles. The number of aliphatic hydroxyl groups is 1. The smallest absolute Gasteiger partial charge is 0.188 e. The van der Waals surface area contributed by atoms with Crippen LogP contribution in [0.15, 0.2) is 0 Å². The third kappa shape index (κ3) is 2.07. The topological polar surface area (TPSA) is 57.2 Å². The van der Waals surface area contributed by atoms with Gasteiger partial charge in [-0.15, -0.1) is 0 Å². The van der Waals surface area contributed by atoms with Crippen molar-refractivity contribution in [3.63, 3.8) is 0 Å². The maximum Gasteiger partial charge on any atom is 0.188 e. The summed E-state index contributed by atoms with van der Waals surface area (Å²) in [5.74, 6) is -0.142. The molecular formula is C9H18O5. The lowest BCUT2D eigenvalue weighted by molar-refractivity contribution is -0.328. The SMILES string of the molecule is COC1OC(O)C(C)C(OC)C1OC. The van der Waals surface area contributed by atoms with E-state index in [4.69, 9.17) is 18.9 Å². The van der Waals surface area contributed by atoms with Crippen LogP contribution in [0.1, 0.15) is 6.92 Å². The molecule has 0 radical (unpaired) electrons. The lowest BCUT2D eigenvalue weighted by Gasteiger charge is -2.41. The second kappa shape index (κ2) is 5.04. The highest BCUT2D eigenvalue weighted by Gasteiger charge is 2.44. The van der Waals surface area contributed by atoms with Crippen molar-refractivity contribution in [2.75, 3.05) is 21.3 Å². The quantitative estimate of drug-likeness (QED) is 0.703. The summed E-state index contributed by atoms with van der Waals surface area (Å²) < 4.78 is 20.8. The molecular weight excluding hydrogens is 188 g/mol. The van der Waals surface area contributed by atoms with Gasteiger partial charge in [0.25, 0.3) is 0 Å². The summed E-state index contributed by atoms with van der Waals surface area (Å²) in [4.78, 5) is 0. The molecule has 1 aliphatic heterocycles. The van der Waals surface area contributed by atoms with Gasteiger partial charge in [0.1, 0.15) is 6.10 Å². The van der Waals surface area contributed by atoms with Crippen LogP contribution in [0.3, 0.4) is 0 Å². The molecule has 5 heteroatoms. The maximum absolute atomic E-state index is 9.56. The predicted molar refractivity (Wildman–Crippen MR) is 48.6 cm³/mol. The summed E-state index contributed by atoms with van der Waals surface area (Å²) in [6.45, 7) is 1.84. The monoisotopic (exact) mass is 206 g/mol. The lowest BCUT2D eigenvalue weighted by Crippen LogP contribution is -2.55. The zero-order chi connectivity index (χ0) is 10.7. The molecule has 1 fully saturated rings. The molecule has 0 aromatic rings. The number of ether oxygens (including phenoxy) is 4. The molecule has 5 unspecified atom stereocenters. The van der Waals surface area contributed by atoms with E-state index in [9.17, 15) is 5.11 Å². The van der Waals surface area contributed by atoms with E-state index >= 15 is 0 Å². The van der Waals surface area contributed by atoms with E-state index in [1.807, 2.05) is 6.92 Å². The first kappa shape index (κ1) is 11.9. The average molecular weight is 206 g/mol. The fourth-order valence-electron chi connectivity index (χ4n) is 1.74. The van der Waals surface area contributed by atoms with Gasteiger partial charge in [0.15, 0.2) is 12.6 Å². The van der Waals surface area contributed by atoms with Gasteiger partial charge in [0, 0.05) is 27.2 Å². The van der Waals surface area contributed by atoms with Crippen LogP contribution in [0.4, 0.5) is 0 Å². The first-order chi connectivity index (χ1) is 6.65. The van der Waals surface area contributed by atoms with E-state index in [-0.39, 0.29) is 18.1 Å². The Bertz CT molecular complexity index is 171. The van der Waals surface area contributed by atoms with Gasteiger partial charge in [0.05, 0.1) is 6.10 Å². The van der Waals surface area contributed by atoms with E-state index < -0.39 is 12.6 Å². The second-order valence-corrected chi connectivity index (χ2v) is 3.39. The molecule has 0 saturated carbocycles. The Kier molecular flexibility index (Phi) is 4.28. The van der Waals surface area contributed by atoms with Crippen LogP contribution in [0.5, 0.6) is 0 Å². The second-order valence-electron chi connectivity index (χ2n) is 3.39. The summed E-state index contributed by atoms with van der Waals surface area (Å²) in [7, 11) is 4.65. The maximum atomic E-state index is 9.56. The Balaban J connectivity index is 2.75. The molecule has 0 aromatic heterocycles. The van der Waals surface area contributed by atoms with Crippen LogP contribution < -0.4 is 0 Å². The largest absolute Gasteiger partial charge is 0.378 e. The Hall–Kier alpha value is -0.200. The van der Waals surface area contributed by atoms with Crippen molar-refractivity contribution in [3.8, 4) is 0 Å². The Morgan fingerprint density at radius 3 is 2.00 bits per heavy atom. The van der Waals surface area contributed by atoms with Gasteiger partial charge in [-0.2, -0.15) is 0 Å². The van der Waals surface area contributed by atoms with Crippen molar-refractivity contribution in [2.45, 2.75) is 31.7 Å². The van der Waals surface area contributed by atoms with Crippen LogP contribution in [-0.2, 0) is 18.9 Å². The van der Waals surface area contributed by atoms with Gasteiger partial charge in [-0.05, 0) is 0 Å². The van der Waals surface area contributed by atoms with E-state index in [1.165, 1.54) is 7.11 Å². The molecule has 14 heavy (non-hydrogen) atoms. The zero-order valence-corrected chi connectivity index (χ0v) is 8.97. The van der Waals surface area contributed by atoms with Crippen molar-refractivity contribution in [1.82, 2.24) is 0 Å². The Morgan fingerprint density at radius 2 is 1.57 bits per heavy atom. The Morgan fingerprint density at radius 1 is 1.00 bits per heavy atom. The van der Waals surface area contributed by atoms with Crippen LogP contribution in [0.2, 0.25) is 0 Å². The van der Waals surface area contributed by atoms with Crippen molar-refractivity contribution in [1.29, 1.82) is 0 Å². The van der Waals surface area contributed by atoms with Gasteiger partial charge in [-0.25, -0.2) is 0 Å². The normalized spacial score (nSPS) is 43.9. The van der Waals surface area contributed by atoms with Crippen molar-refractivity contribution < 1.29 is 24.1 Å². The first-order valence-electron chi connectivity index (χ1n) is 4.57. The fraction of sp³-hybridized carbons (Fsp3) is 1.00. The van der Waals surface area contributed by atoms with E-state index in [0.717, 1.165) is 0 Å². The van der Waals surface area contributed by atoms with Gasteiger partial charge in [-0.1, -0.05) is 6.92 Å². The number of hydrogen-bond donors (Lipinski definition) is 1. The predicted octanol–water partition coefficient (Wildman–Crippen LogP) is -0.0264. The van der Waals surface area contributed by atoms with Gasteiger partial charge < -0.3 is 24.1 Å². The summed E-state index contributed by atoms with van der Waals surface area (Å²) >= 11 is 0. The molecule has 5 atom stereocenters. The Labute approximate surface area is 83.9 Å². The molecule has 1 saturated heterocycles. The van der Waals surface area contributed by atoms with Crippen LogP contribution >= 0.6 is 0 Å². The van der Waals surface area contributed by atoms with Crippen molar-refractivity contribution in [2.24, 2.45) is 5.92 Å². The van der Waals surface area contributed by atoms with Crippen molar-refractivity contribution >= 4 is 0 Å². The molecule has 1 aliphatic rings. The molecule has 1 rings (SSSR count). The highest BCUT2D eigenvalue weighted by atomic mass is 16.7. The number of aliphatic hydroxyl groups excluding tert-OH is 1. The van der Waals surface area contributed by atoms with Crippen LogP contribution in [-0.4, -0.2) is 51.2 Å². The molecule has 0 spiro atoms. The summed E-state index contributed by atoms with van der Waals surface area (Å²) in [5, 5.41) is 9.56. The standard InChI is InChI=1S/C9H18O5/c1-5-6(11-2)7(12-3)9(13-4)14-8(5)10/h5-10H,1-4H3. The number of hydrogen-bond acceptors (Lipinski definition) is 5. The summed E-state index contributed by atoms with van der Waals surface area (Å²) in [5.41, 5.74) is 0. The van der Waals surface area contributed by atoms with Crippen LogP contribution in [0.25, 0.3) is 0 Å². The molecule has 0 aliphatic carbocycles. The van der Waals surface area contributed by atoms with Gasteiger partial charge >= 0.3 is 0 Å². The van der Waals surface area contributed by atoms with E-state index in [0.29, 0.717) is 0 Å². The molecule has 84 valence electrons. The summed E-state index contributed by atoms with van der Waals surface area (Å²) in [6.07, 6.45) is -2.01. The molecule has 0 bridgehead atoms. The average Bonchev–Trinajstić information content (AvgIpc) is 2.20.